The quantitative estimate of drug-likeness (QED) is 0.679. The van der Waals surface area contributed by atoms with Crippen molar-refractivity contribution in [3.05, 3.63) is 26.9 Å². The Morgan fingerprint density at radius 3 is 2.84 bits per heavy atom. The van der Waals surface area contributed by atoms with Crippen LogP contribution in [-0.2, 0) is 0 Å². The lowest BCUT2D eigenvalue weighted by Crippen LogP contribution is -2.33. The molecule has 0 bridgehead atoms. The van der Waals surface area contributed by atoms with Crippen LogP contribution in [-0.4, -0.2) is 41.5 Å². The molecule has 1 aromatic heterocycles. The van der Waals surface area contributed by atoms with Gasteiger partial charge in [0.15, 0.2) is 0 Å². The Bertz CT molecular complexity index is 461. The molecule has 7 heteroatoms. The molecule has 2 rings (SSSR count). The molecule has 1 aliphatic rings. The topological polar surface area (TPSA) is 71.3 Å². The number of rotatable bonds is 4. The first kappa shape index (κ1) is 14.2. The predicted molar refractivity (Wildman–Crippen MR) is 77.3 cm³/mol. The van der Waals surface area contributed by atoms with Crippen LogP contribution in [0.25, 0.3) is 0 Å². The molecule has 0 atom stereocenters. The Morgan fingerprint density at radius 1 is 1.58 bits per heavy atom. The summed E-state index contributed by atoms with van der Waals surface area (Å²) in [5.41, 5.74) is -0.00304. The largest absolute Gasteiger partial charge is 0.369 e. The Hall–Kier alpha value is -1.21. The summed E-state index contributed by atoms with van der Waals surface area (Å²) >= 11 is 3.31. The van der Waals surface area contributed by atoms with Gasteiger partial charge in [0.1, 0.15) is 12.0 Å². The molecule has 1 aliphatic heterocycles. The normalized spacial score (nSPS) is 17.4. The van der Waals surface area contributed by atoms with Crippen LogP contribution in [0.15, 0.2) is 16.7 Å². The van der Waals surface area contributed by atoms with Crippen molar-refractivity contribution in [3.8, 4) is 0 Å². The van der Waals surface area contributed by atoms with E-state index in [9.17, 15) is 10.1 Å². The van der Waals surface area contributed by atoms with Gasteiger partial charge in [-0.3, -0.25) is 10.1 Å². The van der Waals surface area contributed by atoms with E-state index in [0.717, 1.165) is 19.6 Å². The summed E-state index contributed by atoms with van der Waals surface area (Å²) in [5, 5.41) is 13.9. The first-order valence-corrected chi connectivity index (χ1v) is 7.08. The number of likely N-dealkylation sites (tertiary alicyclic amines) is 1. The van der Waals surface area contributed by atoms with Gasteiger partial charge in [-0.05, 0) is 54.8 Å². The second-order valence-corrected chi connectivity index (χ2v) is 5.76. The molecule has 0 radical (unpaired) electrons. The molecule has 1 aromatic rings. The van der Waals surface area contributed by atoms with E-state index in [1.54, 1.807) is 0 Å². The van der Waals surface area contributed by atoms with E-state index in [2.05, 4.69) is 38.2 Å². The number of nitro groups is 1. The molecule has 2 heterocycles. The minimum atomic E-state index is -0.446. The highest BCUT2D eigenvalue weighted by Gasteiger charge is 2.17. The van der Waals surface area contributed by atoms with Gasteiger partial charge in [0.2, 0.25) is 0 Å². The molecular formula is C12H17BrN4O2. The van der Waals surface area contributed by atoms with E-state index < -0.39 is 4.92 Å². The number of piperidine rings is 1. The molecule has 104 valence electrons. The van der Waals surface area contributed by atoms with E-state index in [1.807, 2.05) is 0 Å². The third-order valence-electron chi connectivity index (χ3n) is 3.43. The molecular weight excluding hydrogens is 312 g/mol. The average Bonchev–Trinajstić information content (AvgIpc) is 2.39. The van der Waals surface area contributed by atoms with Gasteiger partial charge < -0.3 is 10.2 Å². The van der Waals surface area contributed by atoms with Crippen LogP contribution in [0.3, 0.4) is 0 Å². The van der Waals surface area contributed by atoms with Crippen molar-refractivity contribution in [2.24, 2.45) is 5.92 Å². The zero-order valence-electron chi connectivity index (χ0n) is 10.8. The number of nitrogens with zero attached hydrogens (tertiary/aromatic N) is 3. The van der Waals surface area contributed by atoms with Crippen LogP contribution in [0.5, 0.6) is 0 Å². The maximum absolute atomic E-state index is 10.6. The smallest absolute Gasteiger partial charge is 0.288 e. The van der Waals surface area contributed by atoms with Crippen LogP contribution in [0.1, 0.15) is 12.8 Å². The lowest BCUT2D eigenvalue weighted by molar-refractivity contribution is -0.385. The van der Waals surface area contributed by atoms with Crippen molar-refractivity contribution >= 4 is 27.4 Å². The van der Waals surface area contributed by atoms with E-state index >= 15 is 0 Å². The molecule has 19 heavy (non-hydrogen) atoms. The van der Waals surface area contributed by atoms with E-state index in [1.165, 1.54) is 25.1 Å². The van der Waals surface area contributed by atoms with Crippen LogP contribution < -0.4 is 5.32 Å². The maximum Gasteiger partial charge on any atom is 0.288 e. The summed E-state index contributed by atoms with van der Waals surface area (Å²) < 4.78 is 0.634. The fourth-order valence-electron chi connectivity index (χ4n) is 2.16. The van der Waals surface area contributed by atoms with Gasteiger partial charge >= 0.3 is 0 Å². The zero-order valence-corrected chi connectivity index (χ0v) is 12.4. The van der Waals surface area contributed by atoms with Gasteiger partial charge in [0, 0.05) is 12.6 Å². The third kappa shape index (κ3) is 3.87. The van der Waals surface area contributed by atoms with Gasteiger partial charge in [0.25, 0.3) is 5.69 Å². The fourth-order valence-corrected chi connectivity index (χ4v) is 2.64. The minimum absolute atomic E-state index is 0.00304. The Kier molecular flexibility index (Phi) is 4.71. The lowest BCUT2D eigenvalue weighted by Gasteiger charge is -2.29. The summed E-state index contributed by atoms with van der Waals surface area (Å²) in [6.07, 6.45) is 3.63. The Morgan fingerprint density at radius 2 is 2.26 bits per heavy atom. The minimum Gasteiger partial charge on any atom is -0.369 e. The molecule has 0 aromatic carbocycles. The molecule has 1 N–H and O–H groups in total. The highest BCUT2D eigenvalue weighted by atomic mass is 79.9. The number of pyridine rings is 1. The number of hydrogen-bond donors (Lipinski definition) is 1. The monoisotopic (exact) mass is 328 g/mol. The van der Waals surface area contributed by atoms with Gasteiger partial charge in [-0.15, -0.1) is 0 Å². The molecule has 0 aliphatic carbocycles. The fraction of sp³-hybridized carbons (Fsp3) is 0.583. The number of hydrogen-bond acceptors (Lipinski definition) is 5. The molecule has 0 amide bonds. The van der Waals surface area contributed by atoms with Crippen molar-refractivity contribution in [3.63, 3.8) is 0 Å². The third-order valence-corrected chi connectivity index (χ3v) is 4.04. The van der Waals surface area contributed by atoms with Crippen LogP contribution in [0.4, 0.5) is 11.5 Å². The number of aromatic nitrogens is 1. The van der Waals surface area contributed by atoms with E-state index in [4.69, 9.17) is 0 Å². The molecule has 1 fully saturated rings. The molecule has 0 unspecified atom stereocenters. The Balaban J connectivity index is 1.91. The van der Waals surface area contributed by atoms with Crippen LogP contribution >= 0.6 is 15.9 Å². The van der Waals surface area contributed by atoms with E-state index in [-0.39, 0.29) is 5.69 Å². The van der Waals surface area contributed by atoms with Crippen LogP contribution in [0, 0.1) is 16.0 Å². The molecule has 6 nitrogen and oxygen atoms in total. The second kappa shape index (κ2) is 6.29. The SMILES string of the molecule is CN1CCC(CNc2ncc([N+](=O)[O-])cc2Br)CC1. The van der Waals surface area contributed by atoms with Crippen molar-refractivity contribution in [2.45, 2.75) is 12.8 Å². The van der Waals surface area contributed by atoms with Gasteiger partial charge in [-0.2, -0.15) is 0 Å². The molecule has 0 saturated carbocycles. The average molecular weight is 329 g/mol. The highest BCUT2D eigenvalue weighted by molar-refractivity contribution is 9.10. The van der Waals surface area contributed by atoms with E-state index in [0.29, 0.717) is 16.2 Å². The number of halogens is 1. The van der Waals surface area contributed by atoms with Gasteiger partial charge in [-0.1, -0.05) is 0 Å². The summed E-state index contributed by atoms with van der Waals surface area (Å²) in [6.45, 7) is 3.11. The summed E-state index contributed by atoms with van der Waals surface area (Å²) in [5.74, 6) is 1.31. The van der Waals surface area contributed by atoms with Crippen molar-refractivity contribution in [2.75, 3.05) is 32.0 Å². The van der Waals surface area contributed by atoms with Crippen molar-refractivity contribution in [1.29, 1.82) is 0 Å². The zero-order chi connectivity index (χ0) is 13.8. The maximum atomic E-state index is 10.6. The summed E-state index contributed by atoms with van der Waals surface area (Å²) in [6, 6.07) is 1.48. The second-order valence-electron chi connectivity index (χ2n) is 4.91. The number of nitrogens with one attached hydrogen (secondary N) is 1. The lowest BCUT2D eigenvalue weighted by atomic mass is 9.97. The molecule has 1 saturated heterocycles. The highest BCUT2D eigenvalue weighted by Crippen LogP contribution is 2.25. The first-order chi connectivity index (χ1) is 9.06. The summed E-state index contributed by atoms with van der Waals surface area (Å²) in [7, 11) is 2.14. The Labute approximate surface area is 120 Å². The van der Waals surface area contributed by atoms with Crippen LogP contribution in [0.2, 0.25) is 0 Å². The predicted octanol–water partition coefficient (Wildman–Crippen LogP) is 2.51. The van der Waals surface area contributed by atoms with Crippen molar-refractivity contribution < 1.29 is 4.92 Å². The molecule has 0 spiro atoms. The van der Waals surface area contributed by atoms with Crippen molar-refractivity contribution in [1.82, 2.24) is 9.88 Å². The summed E-state index contributed by atoms with van der Waals surface area (Å²) in [4.78, 5) is 16.6. The van der Waals surface area contributed by atoms with Gasteiger partial charge in [-0.25, -0.2) is 4.98 Å². The number of anilines is 1. The standard InChI is InChI=1S/C12H17BrN4O2/c1-16-4-2-9(3-5-16)7-14-12-11(13)6-10(8-15-12)17(18)19/h6,8-9H,2-5,7H2,1H3,(H,14,15). The van der Waals surface area contributed by atoms with Gasteiger partial charge in [0.05, 0.1) is 9.40 Å². The first-order valence-electron chi connectivity index (χ1n) is 6.28.